The molecule has 0 aliphatic carbocycles. The summed E-state index contributed by atoms with van der Waals surface area (Å²) in [6.07, 6.45) is 7.09. The van der Waals surface area contributed by atoms with Gasteiger partial charge < -0.3 is 10.2 Å². The van der Waals surface area contributed by atoms with Crippen LogP contribution in [0.5, 0.6) is 0 Å². The molecule has 1 aliphatic rings. The van der Waals surface area contributed by atoms with Crippen LogP contribution in [0.25, 0.3) is 0 Å². The molecule has 1 aliphatic heterocycles. The summed E-state index contributed by atoms with van der Waals surface area (Å²) in [5.41, 5.74) is 2.96. The second-order valence-corrected chi connectivity index (χ2v) is 6.81. The molecule has 0 bridgehead atoms. The highest BCUT2D eigenvalue weighted by Crippen LogP contribution is 2.25. The molecule has 4 heteroatoms. The fourth-order valence-electron chi connectivity index (χ4n) is 3.54. The highest BCUT2D eigenvalue weighted by molar-refractivity contribution is 5.92. The van der Waals surface area contributed by atoms with Crippen LogP contribution in [0.4, 0.5) is 11.5 Å². The Kier molecular flexibility index (Phi) is 5.69. The highest BCUT2D eigenvalue weighted by atomic mass is 16.1. The van der Waals surface area contributed by atoms with Gasteiger partial charge in [0.25, 0.3) is 0 Å². The van der Waals surface area contributed by atoms with E-state index < -0.39 is 0 Å². The van der Waals surface area contributed by atoms with E-state index in [9.17, 15) is 4.79 Å². The van der Waals surface area contributed by atoms with Gasteiger partial charge in [0.05, 0.1) is 18.3 Å². The van der Waals surface area contributed by atoms with Crippen LogP contribution in [0, 0.1) is 6.92 Å². The fraction of sp³-hybridized carbons (Fsp3) is 0.429. The van der Waals surface area contributed by atoms with Gasteiger partial charge >= 0.3 is 0 Å². The first kappa shape index (κ1) is 17.5. The molecule has 1 atom stereocenters. The largest absolute Gasteiger partial charge is 0.354 e. The van der Waals surface area contributed by atoms with Crippen molar-refractivity contribution in [3.05, 3.63) is 53.7 Å². The molecule has 1 saturated heterocycles. The van der Waals surface area contributed by atoms with Gasteiger partial charge in [0.1, 0.15) is 5.82 Å². The van der Waals surface area contributed by atoms with Gasteiger partial charge in [-0.3, -0.25) is 4.79 Å². The Morgan fingerprint density at radius 1 is 1.24 bits per heavy atom. The Bertz CT molecular complexity index is 711. The van der Waals surface area contributed by atoms with Crippen molar-refractivity contribution in [1.29, 1.82) is 0 Å². The van der Waals surface area contributed by atoms with Crippen LogP contribution in [0.2, 0.25) is 0 Å². The number of carbonyl (C=O) groups is 1. The summed E-state index contributed by atoms with van der Waals surface area (Å²) in [6, 6.07) is 12.6. The van der Waals surface area contributed by atoms with E-state index in [4.69, 9.17) is 0 Å². The number of benzene rings is 1. The van der Waals surface area contributed by atoms with Gasteiger partial charge in [-0.1, -0.05) is 31.2 Å². The molecule has 0 radical (unpaired) electrons. The van der Waals surface area contributed by atoms with Crippen LogP contribution in [-0.4, -0.2) is 23.5 Å². The summed E-state index contributed by atoms with van der Waals surface area (Å²) in [5.74, 6) is 1.01. The van der Waals surface area contributed by atoms with Crippen LogP contribution >= 0.6 is 0 Å². The third kappa shape index (κ3) is 4.38. The first-order valence-electron chi connectivity index (χ1n) is 9.24. The molecule has 0 spiro atoms. The van der Waals surface area contributed by atoms with Gasteiger partial charge in [0.2, 0.25) is 5.91 Å². The van der Waals surface area contributed by atoms with E-state index in [0.717, 1.165) is 35.6 Å². The van der Waals surface area contributed by atoms with Crippen LogP contribution < -0.4 is 10.2 Å². The molecule has 3 rings (SSSR count). The lowest BCUT2D eigenvalue weighted by atomic mass is 10.00. The Labute approximate surface area is 150 Å². The van der Waals surface area contributed by atoms with Gasteiger partial charge in [-0.25, -0.2) is 4.98 Å². The maximum atomic E-state index is 12.3. The molecular weight excluding hydrogens is 310 g/mol. The third-order valence-electron chi connectivity index (χ3n) is 5.04. The Balaban J connectivity index is 1.62. The van der Waals surface area contributed by atoms with Gasteiger partial charge in [-0.05, 0) is 55.9 Å². The normalized spacial score (nSPS) is 17.4. The summed E-state index contributed by atoms with van der Waals surface area (Å²) in [6.45, 7) is 5.34. The van der Waals surface area contributed by atoms with Crippen molar-refractivity contribution in [3.63, 3.8) is 0 Å². The van der Waals surface area contributed by atoms with Gasteiger partial charge in [0, 0.05) is 12.6 Å². The van der Waals surface area contributed by atoms with Crippen molar-refractivity contribution >= 4 is 17.4 Å². The minimum atomic E-state index is -0.00624. The first-order valence-corrected chi connectivity index (χ1v) is 9.24. The number of aryl methyl sites for hydroxylation is 1. The van der Waals surface area contributed by atoms with E-state index in [2.05, 4.69) is 22.1 Å². The maximum Gasteiger partial charge on any atom is 0.228 e. The number of rotatable bonds is 5. The van der Waals surface area contributed by atoms with Crippen molar-refractivity contribution in [2.75, 3.05) is 16.8 Å². The highest BCUT2D eigenvalue weighted by Gasteiger charge is 2.21. The number of nitrogens with zero attached hydrogens (tertiary/aromatic N) is 2. The standard InChI is InChI=1S/C21H27N3O/c1-3-19-10-6-7-13-24(19)20-12-11-18(15-22-20)23-21(25)14-17-9-5-4-8-16(17)2/h4-5,8-9,11-12,15,19H,3,6-7,10,13-14H2,1-2H3,(H,23,25). The number of hydrogen-bond donors (Lipinski definition) is 1. The molecule has 1 fully saturated rings. The topological polar surface area (TPSA) is 45.2 Å². The number of carbonyl (C=O) groups excluding carboxylic acids is 1. The van der Waals surface area contributed by atoms with Crippen molar-refractivity contribution < 1.29 is 4.79 Å². The minimum Gasteiger partial charge on any atom is -0.354 e. The Morgan fingerprint density at radius 2 is 2.08 bits per heavy atom. The first-order chi connectivity index (χ1) is 12.2. The second kappa shape index (κ2) is 8.15. The van der Waals surface area contributed by atoms with E-state index >= 15 is 0 Å². The molecule has 1 N–H and O–H groups in total. The van der Waals surface area contributed by atoms with E-state index in [1.807, 2.05) is 43.3 Å². The lowest BCUT2D eigenvalue weighted by Crippen LogP contribution is -2.39. The zero-order valence-corrected chi connectivity index (χ0v) is 15.2. The molecule has 1 aromatic carbocycles. The van der Waals surface area contributed by atoms with Crippen LogP contribution in [0.1, 0.15) is 43.7 Å². The lowest BCUT2D eigenvalue weighted by Gasteiger charge is -2.36. The molecule has 4 nitrogen and oxygen atoms in total. The van der Waals surface area contributed by atoms with E-state index in [1.165, 1.54) is 19.3 Å². The third-order valence-corrected chi connectivity index (χ3v) is 5.04. The smallest absolute Gasteiger partial charge is 0.228 e. The van der Waals surface area contributed by atoms with Crippen molar-refractivity contribution in [3.8, 4) is 0 Å². The number of anilines is 2. The molecule has 1 aromatic heterocycles. The average Bonchev–Trinajstić information content (AvgIpc) is 2.64. The summed E-state index contributed by atoms with van der Waals surface area (Å²) < 4.78 is 0. The zero-order valence-electron chi connectivity index (χ0n) is 15.2. The van der Waals surface area contributed by atoms with E-state index in [0.29, 0.717) is 12.5 Å². The number of aromatic nitrogens is 1. The second-order valence-electron chi connectivity index (χ2n) is 6.81. The van der Waals surface area contributed by atoms with Crippen LogP contribution in [0.3, 0.4) is 0 Å². The monoisotopic (exact) mass is 337 g/mol. The van der Waals surface area contributed by atoms with Crippen molar-refractivity contribution in [1.82, 2.24) is 4.98 Å². The van der Waals surface area contributed by atoms with E-state index in [-0.39, 0.29) is 5.91 Å². The molecule has 1 amide bonds. The predicted molar refractivity (Wildman–Crippen MR) is 103 cm³/mol. The molecule has 0 saturated carbocycles. The molecule has 132 valence electrons. The van der Waals surface area contributed by atoms with Crippen molar-refractivity contribution in [2.24, 2.45) is 0 Å². The van der Waals surface area contributed by atoms with Gasteiger partial charge in [0.15, 0.2) is 0 Å². The number of amides is 1. The minimum absolute atomic E-state index is 0.00624. The van der Waals surface area contributed by atoms with E-state index in [1.54, 1.807) is 6.20 Å². The summed E-state index contributed by atoms with van der Waals surface area (Å²) in [5, 5.41) is 2.95. The summed E-state index contributed by atoms with van der Waals surface area (Å²) in [7, 11) is 0. The Morgan fingerprint density at radius 3 is 2.80 bits per heavy atom. The SMILES string of the molecule is CCC1CCCCN1c1ccc(NC(=O)Cc2ccccc2C)cn1. The van der Waals surface area contributed by atoms with Gasteiger partial charge in [-0.15, -0.1) is 0 Å². The van der Waals surface area contributed by atoms with Crippen LogP contribution in [-0.2, 0) is 11.2 Å². The molecular formula is C21H27N3O. The number of hydrogen-bond acceptors (Lipinski definition) is 3. The molecule has 2 heterocycles. The number of pyridine rings is 1. The van der Waals surface area contributed by atoms with Gasteiger partial charge in [-0.2, -0.15) is 0 Å². The lowest BCUT2D eigenvalue weighted by molar-refractivity contribution is -0.115. The maximum absolute atomic E-state index is 12.3. The predicted octanol–water partition coefficient (Wildman–Crippen LogP) is 4.34. The summed E-state index contributed by atoms with van der Waals surface area (Å²) in [4.78, 5) is 19.3. The average molecular weight is 337 g/mol. The summed E-state index contributed by atoms with van der Waals surface area (Å²) >= 11 is 0. The number of nitrogens with one attached hydrogen (secondary N) is 1. The van der Waals surface area contributed by atoms with Crippen molar-refractivity contribution in [2.45, 2.75) is 52.0 Å². The van der Waals surface area contributed by atoms with Crippen LogP contribution in [0.15, 0.2) is 42.6 Å². The fourth-order valence-corrected chi connectivity index (χ4v) is 3.54. The molecule has 25 heavy (non-hydrogen) atoms. The molecule has 2 aromatic rings. The zero-order chi connectivity index (χ0) is 17.6. The quantitative estimate of drug-likeness (QED) is 0.883. The molecule has 1 unspecified atom stereocenters. The number of piperidine rings is 1. The Hall–Kier alpha value is -2.36.